The first-order chi connectivity index (χ1) is 10.4. The van der Waals surface area contributed by atoms with Crippen molar-refractivity contribution in [3.05, 3.63) is 0 Å². The molecule has 0 N–H and O–H groups in total. The van der Waals surface area contributed by atoms with Gasteiger partial charge in [0.05, 0.1) is 0 Å². The first-order valence-corrected chi connectivity index (χ1v) is 9.01. The largest absolute Gasteiger partial charge is 0.342 e. The Morgan fingerprint density at radius 2 is 1.73 bits per heavy atom. The number of piperidine rings is 1. The third kappa shape index (κ3) is 4.99. The first kappa shape index (κ1) is 19.0. The molecule has 1 rings (SSSR count). The van der Waals surface area contributed by atoms with Crippen molar-refractivity contribution in [3.8, 4) is 0 Å². The van der Waals surface area contributed by atoms with E-state index in [0.29, 0.717) is 11.9 Å². The minimum Gasteiger partial charge on any atom is -0.342 e. The summed E-state index contributed by atoms with van der Waals surface area (Å²) in [6, 6.07) is 0.314. The average molecular weight is 310 g/mol. The van der Waals surface area contributed by atoms with E-state index in [0.717, 1.165) is 51.7 Å². The number of amides is 2. The van der Waals surface area contributed by atoms with Crippen LogP contribution in [0.4, 0.5) is 0 Å². The van der Waals surface area contributed by atoms with Crippen LogP contribution in [0, 0.1) is 11.8 Å². The van der Waals surface area contributed by atoms with Gasteiger partial charge in [0.25, 0.3) is 0 Å². The molecule has 0 saturated carbocycles. The van der Waals surface area contributed by atoms with E-state index >= 15 is 0 Å². The van der Waals surface area contributed by atoms with Crippen LogP contribution in [0.3, 0.4) is 0 Å². The standard InChI is InChI=1S/C18H34N2O2/c1-6-8-11-20(15(5)7-2)18(22)16-9-12-19(13-10-16)17(21)14(3)4/h14-16H,6-13H2,1-5H3. The van der Waals surface area contributed by atoms with Gasteiger partial charge < -0.3 is 9.80 Å². The van der Waals surface area contributed by atoms with Gasteiger partial charge in [0.2, 0.25) is 11.8 Å². The smallest absolute Gasteiger partial charge is 0.226 e. The molecule has 0 bridgehead atoms. The van der Waals surface area contributed by atoms with Crippen molar-refractivity contribution in [2.24, 2.45) is 11.8 Å². The maximum atomic E-state index is 12.8. The summed E-state index contributed by atoms with van der Waals surface area (Å²) in [5.74, 6) is 0.672. The lowest BCUT2D eigenvalue weighted by molar-refractivity contribution is -0.143. The van der Waals surface area contributed by atoms with Crippen LogP contribution in [0.15, 0.2) is 0 Å². The number of likely N-dealkylation sites (tertiary alicyclic amines) is 1. The van der Waals surface area contributed by atoms with Gasteiger partial charge in [-0.15, -0.1) is 0 Å². The summed E-state index contributed by atoms with van der Waals surface area (Å²) < 4.78 is 0. The molecule has 0 aromatic carbocycles. The minimum absolute atomic E-state index is 0.0495. The van der Waals surface area contributed by atoms with Crippen LogP contribution < -0.4 is 0 Å². The van der Waals surface area contributed by atoms with Gasteiger partial charge in [0.1, 0.15) is 0 Å². The third-order valence-corrected chi connectivity index (χ3v) is 4.81. The summed E-state index contributed by atoms with van der Waals surface area (Å²) in [4.78, 5) is 28.9. The highest BCUT2D eigenvalue weighted by Crippen LogP contribution is 2.23. The van der Waals surface area contributed by atoms with E-state index in [2.05, 4.69) is 25.7 Å². The lowest BCUT2D eigenvalue weighted by Gasteiger charge is -2.37. The van der Waals surface area contributed by atoms with E-state index in [1.54, 1.807) is 0 Å². The number of hydrogen-bond acceptors (Lipinski definition) is 2. The van der Waals surface area contributed by atoms with Crippen LogP contribution in [0.2, 0.25) is 0 Å². The van der Waals surface area contributed by atoms with Crippen molar-refractivity contribution in [1.29, 1.82) is 0 Å². The van der Waals surface area contributed by atoms with Gasteiger partial charge in [-0.2, -0.15) is 0 Å². The van der Waals surface area contributed by atoms with Gasteiger partial charge in [0.15, 0.2) is 0 Å². The molecule has 128 valence electrons. The van der Waals surface area contributed by atoms with Crippen LogP contribution in [0.1, 0.15) is 66.7 Å². The predicted octanol–water partition coefficient (Wildman–Crippen LogP) is 3.31. The molecule has 1 heterocycles. The Morgan fingerprint density at radius 3 is 2.18 bits per heavy atom. The van der Waals surface area contributed by atoms with Gasteiger partial charge in [0, 0.05) is 37.5 Å². The van der Waals surface area contributed by atoms with E-state index in [4.69, 9.17) is 0 Å². The SMILES string of the molecule is CCCCN(C(=O)C1CCN(C(=O)C(C)C)CC1)C(C)CC. The highest BCUT2D eigenvalue weighted by Gasteiger charge is 2.31. The molecule has 1 aliphatic heterocycles. The number of nitrogens with zero attached hydrogens (tertiary/aromatic N) is 2. The van der Waals surface area contributed by atoms with Crippen molar-refractivity contribution in [2.75, 3.05) is 19.6 Å². The van der Waals surface area contributed by atoms with Gasteiger partial charge in [-0.05, 0) is 32.6 Å². The number of rotatable bonds is 7. The average Bonchev–Trinajstić information content (AvgIpc) is 2.53. The van der Waals surface area contributed by atoms with Crippen LogP contribution in [-0.2, 0) is 9.59 Å². The van der Waals surface area contributed by atoms with Gasteiger partial charge in [-0.3, -0.25) is 9.59 Å². The molecule has 2 amide bonds. The van der Waals surface area contributed by atoms with Crippen molar-refractivity contribution < 1.29 is 9.59 Å². The van der Waals surface area contributed by atoms with Crippen LogP contribution in [0.5, 0.6) is 0 Å². The zero-order chi connectivity index (χ0) is 16.7. The van der Waals surface area contributed by atoms with Crippen LogP contribution >= 0.6 is 0 Å². The lowest BCUT2D eigenvalue weighted by atomic mass is 9.93. The highest BCUT2D eigenvalue weighted by molar-refractivity contribution is 5.81. The molecule has 1 saturated heterocycles. The molecule has 4 heteroatoms. The Hall–Kier alpha value is -1.06. The van der Waals surface area contributed by atoms with E-state index in [9.17, 15) is 9.59 Å². The van der Waals surface area contributed by atoms with Crippen molar-refractivity contribution >= 4 is 11.8 Å². The second-order valence-corrected chi connectivity index (χ2v) is 6.90. The number of unbranched alkanes of at least 4 members (excludes halogenated alkanes) is 1. The highest BCUT2D eigenvalue weighted by atomic mass is 16.2. The Labute approximate surface area is 136 Å². The molecule has 0 aromatic rings. The van der Waals surface area contributed by atoms with Crippen LogP contribution in [0.25, 0.3) is 0 Å². The summed E-state index contributed by atoms with van der Waals surface area (Å²) in [5.41, 5.74) is 0. The number of carbonyl (C=O) groups is 2. The molecule has 1 unspecified atom stereocenters. The maximum Gasteiger partial charge on any atom is 0.226 e. The molecule has 0 aromatic heterocycles. The summed E-state index contributed by atoms with van der Waals surface area (Å²) in [6.07, 6.45) is 4.81. The van der Waals surface area contributed by atoms with Crippen molar-refractivity contribution in [3.63, 3.8) is 0 Å². The zero-order valence-corrected chi connectivity index (χ0v) is 15.1. The summed E-state index contributed by atoms with van der Waals surface area (Å²) >= 11 is 0. The number of carbonyl (C=O) groups excluding carboxylic acids is 2. The topological polar surface area (TPSA) is 40.6 Å². The Bertz CT molecular complexity index is 360. The van der Waals surface area contributed by atoms with E-state index in [1.165, 1.54) is 0 Å². The van der Waals surface area contributed by atoms with E-state index < -0.39 is 0 Å². The molecule has 1 fully saturated rings. The lowest BCUT2D eigenvalue weighted by Crippen LogP contribution is -2.47. The monoisotopic (exact) mass is 310 g/mol. The normalized spacial score (nSPS) is 17.6. The van der Waals surface area contributed by atoms with Gasteiger partial charge in [-0.1, -0.05) is 34.1 Å². The molecule has 0 aliphatic carbocycles. The predicted molar refractivity (Wildman–Crippen MR) is 90.5 cm³/mol. The third-order valence-electron chi connectivity index (χ3n) is 4.81. The second kappa shape index (κ2) is 9.16. The van der Waals surface area contributed by atoms with Gasteiger partial charge >= 0.3 is 0 Å². The maximum absolute atomic E-state index is 12.8. The first-order valence-electron chi connectivity index (χ1n) is 9.01. The fraction of sp³-hybridized carbons (Fsp3) is 0.889. The fourth-order valence-corrected chi connectivity index (χ4v) is 3.04. The minimum atomic E-state index is 0.0495. The molecular formula is C18H34N2O2. The van der Waals surface area contributed by atoms with E-state index in [1.807, 2.05) is 18.7 Å². The molecule has 1 atom stereocenters. The van der Waals surface area contributed by atoms with Crippen molar-refractivity contribution in [1.82, 2.24) is 9.80 Å². The van der Waals surface area contributed by atoms with Gasteiger partial charge in [-0.25, -0.2) is 0 Å². The summed E-state index contributed by atoms with van der Waals surface area (Å²) in [6.45, 7) is 12.7. The molecule has 0 radical (unpaired) electrons. The van der Waals surface area contributed by atoms with E-state index in [-0.39, 0.29) is 17.7 Å². The summed E-state index contributed by atoms with van der Waals surface area (Å²) in [5, 5.41) is 0. The Balaban J connectivity index is 2.60. The Morgan fingerprint density at radius 1 is 1.14 bits per heavy atom. The quantitative estimate of drug-likeness (QED) is 0.724. The van der Waals surface area contributed by atoms with Crippen molar-refractivity contribution in [2.45, 2.75) is 72.8 Å². The van der Waals surface area contributed by atoms with Crippen LogP contribution in [-0.4, -0.2) is 47.3 Å². The molecule has 1 aliphatic rings. The second-order valence-electron chi connectivity index (χ2n) is 6.90. The molecule has 4 nitrogen and oxygen atoms in total. The number of hydrogen-bond donors (Lipinski definition) is 0. The fourth-order valence-electron chi connectivity index (χ4n) is 3.04. The zero-order valence-electron chi connectivity index (χ0n) is 15.1. The molecular weight excluding hydrogens is 276 g/mol. The Kier molecular flexibility index (Phi) is 7.91. The molecule has 0 spiro atoms. The summed E-state index contributed by atoms with van der Waals surface area (Å²) in [7, 11) is 0. The molecule has 22 heavy (non-hydrogen) atoms.